The summed E-state index contributed by atoms with van der Waals surface area (Å²) in [5, 5.41) is 3.34. The molecule has 136 valence electrons. The fourth-order valence-corrected chi connectivity index (χ4v) is 3.67. The van der Waals surface area contributed by atoms with Gasteiger partial charge in [-0.15, -0.1) is 0 Å². The molecule has 3 rings (SSSR count). The predicted molar refractivity (Wildman–Crippen MR) is 101 cm³/mol. The normalized spacial score (nSPS) is 20.1. The van der Waals surface area contributed by atoms with Crippen molar-refractivity contribution in [1.29, 1.82) is 0 Å². The van der Waals surface area contributed by atoms with Gasteiger partial charge in [-0.3, -0.25) is 14.9 Å². The Labute approximate surface area is 154 Å². The molecule has 1 aliphatic heterocycles. The topological polar surface area (TPSA) is 75.4 Å². The van der Waals surface area contributed by atoms with Crippen LogP contribution in [-0.4, -0.2) is 36.9 Å². The largest absolute Gasteiger partial charge is 0.368 e. The van der Waals surface area contributed by atoms with E-state index in [0.717, 1.165) is 16.7 Å². The Hall–Kier alpha value is -2.66. The third kappa shape index (κ3) is 3.78. The fraction of sp³-hybridized carbons (Fsp3) is 0.333. The molecule has 3 atom stereocenters. The lowest BCUT2D eigenvalue weighted by Crippen LogP contribution is -2.52. The van der Waals surface area contributed by atoms with Gasteiger partial charge in [-0.05, 0) is 29.5 Å². The third-order valence-electron chi connectivity index (χ3n) is 5.00. The highest BCUT2D eigenvalue weighted by Crippen LogP contribution is 2.33. The number of nitrogens with two attached hydrogens (primary N) is 1. The van der Waals surface area contributed by atoms with Crippen molar-refractivity contribution < 1.29 is 9.59 Å². The molecule has 2 aromatic rings. The molecule has 0 aliphatic carbocycles. The lowest BCUT2D eigenvalue weighted by molar-refractivity contribution is -0.134. The monoisotopic (exact) mass is 351 g/mol. The van der Waals surface area contributed by atoms with E-state index >= 15 is 0 Å². The highest BCUT2D eigenvalue weighted by atomic mass is 16.2. The highest BCUT2D eigenvalue weighted by molar-refractivity contribution is 5.82. The van der Waals surface area contributed by atoms with Crippen molar-refractivity contribution in [2.45, 2.75) is 24.9 Å². The maximum Gasteiger partial charge on any atom is 0.234 e. The second-order valence-corrected chi connectivity index (χ2v) is 7.03. The number of amides is 2. The van der Waals surface area contributed by atoms with Crippen molar-refractivity contribution >= 4 is 11.8 Å². The Bertz CT molecular complexity index is 789. The summed E-state index contributed by atoms with van der Waals surface area (Å²) in [6.45, 7) is 0. The standard InChI is InChI=1S/C21H25N3O2/c1-24(2)21(26)17(12-14-8-4-3-5-9-14)19-16-11-7-6-10-15(16)13-18(23-19)20(22)25/h3-11,17-19,23H,12-13H2,1-2H3,(H2,22,25)/t17-,18?,19?/m0/s1. The molecule has 0 radical (unpaired) electrons. The Balaban J connectivity index is 2.01. The van der Waals surface area contributed by atoms with Gasteiger partial charge >= 0.3 is 0 Å². The quantitative estimate of drug-likeness (QED) is 0.860. The number of fused-ring (bicyclic) bond motifs is 1. The summed E-state index contributed by atoms with van der Waals surface area (Å²) in [4.78, 5) is 26.5. The van der Waals surface area contributed by atoms with Crippen molar-refractivity contribution in [3.63, 3.8) is 0 Å². The molecular formula is C21H25N3O2. The zero-order valence-electron chi connectivity index (χ0n) is 15.2. The zero-order chi connectivity index (χ0) is 18.7. The van der Waals surface area contributed by atoms with Gasteiger partial charge in [0, 0.05) is 20.1 Å². The Morgan fingerprint density at radius 2 is 1.77 bits per heavy atom. The van der Waals surface area contributed by atoms with Crippen LogP contribution in [-0.2, 0) is 22.4 Å². The van der Waals surface area contributed by atoms with Crippen molar-refractivity contribution in [2.75, 3.05) is 14.1 Å². The van der Waals surface area contributed by atoms with E-state index in [4.69, 9.17) is 5.73 Å². The summed E-state index contributed by atoms with van der Waals surface area (Å²) >= 11 is 0. The molecule has 3 N–H and O–H groups in total. The van der Waals surface area contributed by atoms with E-state index in [9.17, 15) is 9.59 Å². The van der Waals surface area contributed by atoms with E-state index in [1.807, 2.05) is 54.6 Å². The van der Waals surface area contributed by atoms with Crippen molar-refractivity contribution in [3.05, 3.63) is 71.3 Å². The molecule has 0 bridgehead atoms. The lowest BCUT2D eigenvalue weighted by atomic mass is 9.80. The molecular weight excluding hydrogens is 326 g/mol. The summed E-state index contributed by atoms with van der Waals surface area (Å²) in [7, 11) is 3.53. The van der Waals surface area contributed by atoms with Crippen LogP contribution in [0.5, 0.6) is 0 Å². The first kappa shape index (κ1) is 18.1. The molecule has 5 heteroatoms. The predicted octanol–water partition coefficient (Wildman–Crippen LogP) is 1.67. The van der Waals surface area contributed by atoms with Crippen LogP contribution >= 0.6 is 0 Å². The smallest absolute Gasteiger partial charge is 0.234 e. The number of rotatable bonds is 5. The second-order valence-electron chi connectivity index (χ2n) is 7.03. The summed E-state index contributed by atoms with van der Waals surface area (Å²) in [6.07, 6.45) is 1.14. The summed E-state index contributed by atoms with van der Waals surface area (Å²) < 4.78 is 0. The number of benzene rings is 2. The molecule has 0 saturated carbocycles. The van der Waals surface area contributed by atoms with Crippen LogP contribution in [0.3, 0.4) is 0 Å². The van der Waals surface area contributed by atoms with Crippen LogP contribution in [0.4, 0.5) is 0 Å². The maximum absolute atomic E-state index is 13.0. The van der Waals surface area contributed by atoms with Crippen molar-refractivity contribution in [3.8, 4) is 0 Å². The van der Waals surface area contributed by atoms with Crippen LogP contribution in [0.25, 0.3) is 0 Å². The number of nitrogens with one attached hydrogen (secondary N) is 1. The maximum atomic E-state index is 13.0. The van der Waals surface area contributed by atoms with Crippen molar-refractivity contribution in [2.24, 2.45) is 11.7 Å². The average Bonchev–Trinajstić information content (AvgIpc) is 2.65. The van der Waals surface area contributed by atoms with Gasteiger partial charge in [0.25, 0.3) is 0 Å². The van der Waals surface area contributed by atoms with E-state index in [1.165, 1.54) is 0 Å². The third-order valence-corrected chi connectivity index (χ3v) is 5.00. The van der Waals surface area contributed by atoms with Crippen LogP contribution in [0.1, 0.15) is 22.7 Å². The summed E-state index contributed by atoms with van der Waals surface area (Å²) in [5.74, 6) is -0.678. The van der Waals surface area contributed by atoms with E-state index < -0.39 is 6.04 Å². The molecule has 1 aliphatic rings. The number of carbonyl (C=O) groups excluding carboxylic acids is 2. The molecule has 0 aromatic heterocycles. The van der Waals surface area contributed by atoms with Gasteiger partial charge in [0.15, 0.2) is 0 Å². The lowest BCUT2D eigenvalue weighted by Gasteiger charge is -2.37. The number of hydrogen-bond acceptors (Lipinski definition) is 3. The number of hydrogen-bond donors (Lipinski definition) is 2. The summed E-state index contributed by atoms with van der Waals surface area (Å²) in [6, 6.07) is 17.2. The van der Waals surface area contributed by atoms with Crippen LogP contribution in [0.2, 0.25) is 0 Å². The van der Waals surface area contributed by atoms with Gasteiger partial charge in [0.1, 0.15) is 0 Å². The molecule has 0 spiro atoms. The second kappa shape index (κ2) is 7.70. The number of primary amides is 1. The van der Waals surface area contributed by atoms with E-state index in [-0.39, 0.29) is 23.8 Å². The fourth-order valence-electron chi connectivity index (χ4n) is 3.67. The van der Waals surface area contributed by atoms with E-state index in [2.05, 4.69) is 5.32 Å². The highest BCUT2D eigenvalue weighted by Gasteiger charge is 2.37. The molecule has 2 aromatic carbocycles. The molecule has 2 unspecified atom stereocenters. The van der Waals surface area contributed by atoms with Gasteiger partial charge in [0.05, 0.1) is 12.0 Å². The Morgan fingerprint density at radius 3 is 2.42 bits per heavy atom. The van der Waals surface area contributed by atoms with Crippen LogP contribution < -0.4 is 11.1 Å². The minimum atomic E-state index is -0.469. The first-order valence-corrected chi connectivity index (χ1v) is 8.85. The SMILES string of the molecule is CN(C)C(=O)[C@@H](Cc1ccccc1)C1NC(C(N)=O)Cc2ccccc21. The average molecular weight is 351 g/mol. The molecule has 1 heterocycles. The molecule has 26 heavy (non-hydrogen) atoms. The van der Waals surface area contributed by atoms with Crippen LogP contribution in [0, 0.1) is 5.92 Å². The van der Waals surface area contributed by atoms with Gasteiger partial charge < -0.3 is 10.6 Å². The molecule has 0 fully saturated rings. The van der Waals surface area contributed by atoms with E-state index in [1.54, 1.807) is 19.0 Å². The van der Waals surface area contributed by atoms with Gasteiger partial charge in [0.2, 0.25) is 11.8 Å². The van der Waals surface area contributed by atoms with E-state index in [0.29, 0.717) is 12.8 Å². The minimum absolute atomic E-state index is 0.0336. The van der Waals surface area contributed by atoms with Gasteiger partial charge in [-0.1, -0.05) is 54.6 Å². The first-order valence-electron chi connectivity index (χ1n) is 8.85. The van der Waals surface area contributed by atoms with Crippen molar-refractivity contribution in [1.82, 2.24) is 10.2 Å². The molecule has 2 amide bonds. The molecule has 5 nitrogen and oxygen atoms in total. The van der Waals surface area contributed by atoms with Gasteiger partial charge in [-0.2, -0.15) is 0 Å². The van der Waals surface area contributed by atoms with Gasteiger partial charge in [-0.25, -0.2) is 0 Å². The molecule has 0 saturated heterocycles. The number of nitrogens with zero attached hydrogens (tertiary/aromatic N) is 1. The Kier molecular flexibility index (Phi) is 5.38. The number of carbonyl (C=O) groups is 2. The zero-order valence-corrected chi connectivity index (χ0v) is 15.2. The van der Waals surface area contributed by atoms with Crippen LogP contribution in [0.15, 0.2) is 54.6 Å². The minimum Gasteiger partial charge on any atom is -0.368 e. The summed E-state index contributed by atoms with van der Waals surface area (Å²) in [5.41, 5.74) is 8.81. The Morgan fingerprint density at radius 1 is 1.12 bits per heavy atom. The first-order chi connectivity index (χ1) is 12.5.